The molecule has 0 spiro atoms. The highest BCUT2D eigenvalue weighted by Gasteiger charge is 2.18. The number of aryl methyl sites for hydroxylation is 1. The van der Waals surface area contributed by atoms with Gasteiger partial charge in [0, 0.05) is 18.0 Å². The fourth-order valence-corrected chi connectivity index (χ4v) is 1.73. The van der Waals surface area contributed by atoms with Crippen molar-refractivity contribution < 1.29 is 13.6 Å². The molecule has 0 fully saturated rings. The molecule has 1 aromatic heterocycles. The van der Waals surface area contributed by atoms with Crippen molar-refractivity contribution in [2.45, 2.75) is 19.9 Å². The zero-order chi connectivity index (χ0) is 15.6. The van der Waals surface area contributed by atoms with E-state index in [-0.39, 0.29) is 5.69 Å². The number of halogens is 2. The van der Waals surface area contributed by atoms with Crippen LogP contribution in [0, 0.1) is 29.9 Å². The molecular weight excluding hydrogens is 278 g/mol. The summed E-state index contributed by atoms with van der Waals surface area (Å²) < 4.78 is 27.2. The van der Waals surface area contributed by atoms with Crippen LogP contribution in [0.15, 0.2) is 24.4 Å². The normalized spacial score (nSPS) is 11.8. The van der Waals surface area contributed by atoms with Gasteiger partial charge in [-0.05, 0) is 26.0 Å². The lowest BCUT2D eigenvalue weighted by molar-refractivity contribution is -0.119. The molecule has 1 heterocycles. The third-order valence-electron chi connectivity index (χ3n) is 3.00. The molecule has 0 saturated carbocycles. The fourth-order valence-electron chi connectivity index (χ4n) is 1.73. The van der Waals surface area contributed by atoms with Crippen molar-refractivity contribution >= 4 is 11.6 Å². The number of anilines is 1. The minimum Gasteiger partial charge on any atom is -0.324 e. The van der Waals surface area contributed by atoms with E-state index in [9.17, 15) is 13.6 Å². The molecule has 0 aliphatic heterocycles. The third-order valence-corrected chi connectivity index (χ3v) is 3.00. The predicted octanol–water partition coefficient (Wildman–Crippen LogP) is 2.54. The van der Waals surface area contributed by atoms with Crippen molar-refractivity contribution in [3.8, 4) is 6.07 Å². The molecular formula is C14H12F2N4O. The monoisotopic (exact) mass is 290 g/mol. The number of carbonyl (C=O) groups excluding carboxylic acids is 1. The second kappa shape index (κ2) is 5.71. The number of rotatable bonds is 3. The SMILES string of the molecule is Cc1nn([C@H](C)C(=O)Nc2ccc(F)c(F)c2)cc1C#N. The molecule has 0 aliphatic carbocycles. The summed E-state index contributed by atoms with van der Waals surface area (Å²) in [5.41, 5.74) is 1.04. The van der Waals surface area contributed by atoms with Gasteiger partial charge in [-0.15, -0.1) is 0 Å². The van der Waals surface area contributed by atoms with E-state index in [1.54, 1.807) is 13.8 Å². The van der Waals surface area contributed by atoms with Gasteiger partial charge in [0.15, 0.2) is 11.6 Å². The Kier molecular flexibility index (Phi) is 3.98. The number of nitrogens with one attached hydrogen (secondary N) is 1. The maximum Gasteiger partial charge on any atom is 0.248 e. The highest BCUT2D eigenvalue weighted by Crippen LogP contribution is 2.16. The summed E-state index contributed by atoms with van der Waals surface area (Å²) in [5, 5.41) is 15.4. The summed E-state index contributed by atoms with van der Waals surface area (Å²) in [6.07, 6.45) is 1.46. The molecule has 0 unspecified atom stereocenters. The molecule has 1 amide bonds. The van der Waals surface area contributed by atoms with E-state index in [1.807, 2.05) is 6.07 Å². The molecule has 0 bridgehead atoms. The summed E-state index contributed by atoms with van der Waals surface area (Å²) in [4.78, 5) is 12.0. The zero-order valence-electron chi connectivity index (χ0n) is 11.4. The molecule has 1 aromatic carbocycles. The number of benzene rings is 1. The standard InChI is InChI=1S/C14H12F2N4O/c1-8-10(6-17)7-20(19-8)9(2)14(21)18-11-3-4-12(15)13(16)5-11/h3-5,7,9H,1-2H3,(H,18,21)/t9-/m1/s1. The largest absolute Gasteiger partial charge is 0.324 e. The molecule has 0 radical (unpaired) electrons. The van der Waals surface area contributed by atoms with Crippen LogP contribution in [-0.4, -0.2) is 15.7 Å². The molecule has 0 aliphatic rings. The highest BCUT2D eigenvalue weighted by molar-refractivity contribution is 5.93. The van der Waals surface area contributed by atoms with E-state index in [4.69, 9.17) is 5.26 Å². The number of hydrogen-bond donors (Lipinski definition) is 1. The summed E-state index contributed by atoms with van der Waals surface area (Å²) in [5.74, 6) is -2.47. The van der Waals surface area contributed by atoms with E-state index in [1.165, 1.54) is 16.9 Å². The maximum atomic E-state index is 13.1. The Morgan fingerprint density at radius 3 is 2.71 bits per heavy atom. The lowest BCUT2D eigenvalue weighted by atomic mass is 10.2. The first-order valence-corrected chi connectivity index (χ1v) is 6.14. The Labute approximate surface area is 119 Å². The molecule has 1 atom stereocenters. The Morgan fingerprint density at radius 2 is 2.14 bits per heavy atom. The highest BCUT2D eigenvalue weighted by atomic mass is 19.2. The maximum absolute atomic E-state index is 13.1. The molecule has 0 saturated heterocycles. The number of nitriles is 1. The Hall–Kier alpha value is -2.75. The quantitative estimate of drug-likeness (QED) is 0.944. The second-order valence-corrected chi connectivity index (χ2v) is 4.51. The number of carbonyl (C=O) groups is 1. The molecule has 1 N–H and O–H groups in total. The second-order valence-electron chi connectivity index (χ2n) is 4.51. The third kappa shape index (κ3) is 3.05. The molecule has 5 nitrogen and oxygen atoms in total. The van der Waals surface area contributed by atoms with Crippen molar-refractivity contribution in [2.75, 3.05) is 5.32 Å². The first-order valence-electron chi connectivity index (χ1n) is 6.14. The first kappa shape index (κ1) is 14.7. The minimum absolute atomic E-state index is 0.148. The van der Waals surface area contributed by atoms with Crippen LogP contribution in [0.2, 0.25) is 0 Å². The van der Waals surface area contributed by atoms with Gasteiger partial charge in [-0.3, -0.25) is 9.48 Å². The molecule has 21 heavy (non-hydrogen) atoms. The van der Waals surface area contributed by atoms with E-state index in [0.717, 1.165) is 12.1 Å². The number of aromatic nitrogens is 2. The average molecular weight is 290 g/mol. The average Bonchev–Trinajstić information content (AvgIpc) is 2.83. The Balaban J connectivity index is 2.15. The van der Waals surface area contributed by atoms with Gasteiger partial charge < -0.3 is 5.32 Å². The van der Waals surface area contributed by atoms with Crippen LogP contribution in [0.4, 0.5) is 14.5 Å². The van der Waals surface area contributed by atoms with Crippen LogP contribution in [-0.2, 0) is 4.79 Å². The van der Waals surface area contributed by atoms with Crippen LogP contribution in [0.1, 0.15) is 24.2 Å². The zero-order valence-corrected chi connectivity index (χ0v) is 11.4. The number of nitrogens with zero attached hydrogens (tertiary/aromatic N) is 3. The molecule has 2 aromatic rings. The van der Waals surface area contributed by atoms with Crippen molar-refractivity contribution in [1.82, 2.24) is 9.78 Å². The molecule has 108 valence electrons. The van der Waals surface area contributed by atoms with Gasteiger partial charge in [-0.2, -0.15) is 10.4 Å². The van der Waals surface area contributed by atoms with Crippen molar-refractivity contribution in [3.63, 3.8) is 0 Å². The number of amides is 1. The topological polar surface area (TPSA) is 70.7 Å². The van der Waals surface area contributed by atoms with Gasteiger partial charge in [0.1, 0.15) is 12.1 Å². The predicted molar refractivity (Wildman–Crippen MR) is 71.4 cm³/mol. The fraction of sp³-hybridized carbons (Fsp3) is 0.214. The minimum atomic E-state index is -1.04. The summed E-state index contributed by atoms with van der Waals surface area (Å²) >= 11 is 0. The van der Waals surface area contributed by atoms with Crippen LogP contribution < -0.4 is 5.32 Å². The van der Waals surface area contributed by atoms with E-state index in [2.05, 4.69) is 10.4 Å². The van der Waals surface area contributed by atoms with Crippen molar-refractivity contribution in [3.05, 3.63) is 47.3 Å². The lowest BCUT2D eigenvalue weighted by Gasteiger charge is -2.12. The van der Waals surface area contributed by atoms with Gasteiger partial charge in [0.05, 0.1) is 11.3 Å². The van der Waals surface area contributed by atoms with E-state index in [0.29, 0.717) is 11.3 Å². The van der Waals surface area contributed by atoms with Crippen molar-refractivity contribution in [1.29, 1.82) is 5.26 Å². The van der Waals surface area contributed by atoms with E-state index >= 15 is 0 Å². The Morgan fingerprint density at radius 1 is 1.43 bits per heavy atom. The van der Waals surface area contributed by atoms with Crippen LogP contribution in [0.3, 0.4) is 0 Å². The summed E-state index contributed by atoms with van der Waals surface area (Å²) in [6, 6.07) is 4.36. The molecule has 7 heteroatoms. The van der Waals surface area contributed by atoms with Crippen LogP contribution >= 0.6 is 0 Å². The van der Waals surface area contributed by atoms with E-state index < -0.39 is 23.6 Å². The number of hydrogen-bond acceptors (Lipinski definition) is 3. The smallest absolute Gasteiger partial charge is 0.248 e. The summed E-state index contributed by atoms with van der Waals surface area (Å²) in [7, 11) is 0. The van der Waals surface area contributed by atoms with Gasteiger partial charge in [0.25, 0.3) is 0 Å². The summed E-state index contributed by atoms with van der Waals surface area (Å²) in [6.45, 7) is 3.25. The lowest BCUT2D eigenvalue weighted by Crippen LogP contribution is -2.24. The van der Waals surface area contributed by atoms with Gasteiger partial charge in [-0.1, -0.05) is 0 Å². The van der Waals surface area contributed by atoms with Crippen LogP contribution in [0.25, 0.3) is 0 Å². The van der Waals surface area contributed by atoms with Crippen LogP contribution in [0.5, 0.6) is 0 Å². The van der Waals surface area contributed by atoms with Gasteiger partial charge in [0.2, 0.25) is 5.91 Å². The van der Waals surface area contributed by atoms with Crippen molar-refractivity contribution in [2.24, 2.45) is 0 Å². The van der Waals surface area contributed by atoms with Gasteiger partial charge >= 0.3 is 0 Å². The Bertz CT molecular complexity index is 733. The first-order chi connectivity index (χ1) is 9.92. The van der Waals surface area contributed by atoms with Gasteiger partial charge in [-0.25, -0.2) is 8.78 Å². The molecule has 2 rings (SSSR count).